The zero-order valence-electron chi connectivity index (χ0n) is 18.4. The molecule has 7 nitrogen and oxygen atoms in total. The molecule has 0 aliphatic carbocycles. The molecule has 3 rings (SSSR count). The Morgan fingerprint density at radius 2 is 1.82 bits per heavy atom. The van der Waals surface area contributed by atoms with E-state index in [2.05, 4.69) is 15.5 Å². The number of nitrogens with zero attached hydrogens (tertiary/aromatic N) is 1. The molecule has 2 amide bonds. The fourth-order valence-electron chi connectivity index (χ4n) is 3.37. The van der Waals surface area contributed by atoms with Crippen molar-refractivity contribution in [1.82, 2.24) is 10.2 Å². The van der Waals surface area contributed by atoms with E-state index in [-0.39, 0.29) is 11.8 Å². The topological polar surface area (TPSA) is 79.9 Å². The molecule has 1 fully saturated rings. The molecule has 9 heteroatoms. The Kier molecular flexibility index (Phi) is 10.3. The van der Waals surface area contributed by atoms with E-state index in [1.807, 2.05) is 24.3 Å². The van der Waals surface area contributed by atoms with Gasteiger partial charge in [0, 0.05) is 44.7 Å². The van der Waals surface area contributed by atoms with Gasteiger partial charge in [0.2, 0.25) is 11.8 Å². The minimum atomic E-state index is -0.0734. The van der Waals surface area contributed by atoms with Gasteiger partial charge < -0.3 is 20.1 Å². The van der Waals surface area contributed by atoms with E-state index in [9.17, 15) is 9.59 Å². The first-order valence-electron chi connectivity index (χ1n) is 11.0. The highest BCUT2D eigenvalue weighted by Gasteiger charge is 2.12. The van der Waals surface area contributed by atoms with E-state index in [0.29, 0.717) is 48.2 Å². The van der Waals surface area contributed by atoms with Crippen molar-refractivity contribution in [3.8, 4) is 5.75 Å². The minimum absolute atomic E-state index is 0.0255. The number of halogens is 2. The molecule has 2 N–H and O–H groups in total. The van der Waals surface area contributed by atoms with Gasteiger partial charge in [0.25, 0.3) is 0 Å². The molecule has 0 atom stereocenters. The van der Waals surface area contributed by atoms with Gasteiger partial charge in [-0.1, -0.05) is 41.4 Å². The van der Waals surface area contributed by atoms with Crippen LogP contribution in [0.2, 0.25) is 10.0 Å². The molecular weight excluding hydrogens is 465 g/mol. The zero-order chi connectivity index (χ0) is 23.5. The Morgan fingerprint density at radius 3 is 2.64 bits per heavy atom. The maximum absolute atomic E-state index is 12.3. The second-order valence-electron chi connectivity index (χ2n) is 7.73. The van der Waals surface area contributed by atoms with Crippen LogP contribution in [0.25, 0.3) is 0 Å². The molecule has 0 bridgehead atoms. The number of hydrogen-bond donors (Lipinski definition) is 2. The van der Waals surface area contributed by atoms with E-state index in [1.165, 1.54) is 0 Å². The van der Waals surface area contributed by atoms with Crippen LogP contribution in [0.4, 0.5) is 5.69 Å². The summed E-state index contributed by atoms with van der Waals surface area (Å²) in [5, 5.41) is 6.63. The third kappa shape index (κ3) is 8.85. The number of nitrogens with one attached hydrogen (secondary N) is 2. The van der Waals surface area contributed by atoms with E-state index < -0.39 is 0 Å². The zero-order valence-corrected chi connectivity index (χ0v) is 20.0. The van der Waals surface area contributed by atoms with Crippen molar-refractivity contribution in [2.45, 2.75) is 25.8 Å². The smallest absolute Gasteiger partial charge is 0.225 e. The summed E-state index contributed by atoms with van der Waals surface area (Å²) in [4.78, 5) is 26.6. The molecule has 2 aromatic carbocycles. The number of ether oxygens (including phenoxy) is 2. The lowest BCUT2D eigenvalue weighted by molar-refractivity contribution is -0.121. The quantitative estimate of drug-likeness (QED) is 0.460. The number of anilines is 1. The van der Waals surface area contributed by atoms with Crippen molar-refractivity contribution in [3.05, 3.63) is 58.1 Å². The SMILES string of the molecule is O=C(CCCOc1cccc(Cl)c1Cl)NCc1cccc(NC(=O)CCN2CCOCC2)c1. The highest BCUT2D eigenvalue weighted by atomic mass is 35.5. The Labute approximate surface area is 204 Å². The van der Waals surface area contributed by atoms with Gasteiger partial charge in [0.05, 0.1) is 24.8 Å². The van der Waals surface area contributed by atoms with Gasteiger partial charge in [0.1, 0.15) is 10.8 Å². The van der Waals surface area contributed by atoms with Crippen LogP contribution in [0.5, 0.6) is 5.75 Å². The Balaban J connectivity index is 1.34. The molecule has 0 unspecified atom stereocenters. The molecule has 0 spiro atoms. The van der Waals surface area contributed by atoms with Gasteiger partial charge in [-0.2, -0.15) is 0 Å². The first kappa shape index (κ1) is 25.3. The lowest BCUT2D eigenvalue weighted by Gasteiger charge is -2.26. The summed E-state index contributed by atoms with van der Waals surface area (Å²) in [6.07, 6.45) is 1.31. The fraction of sp³-hybridized carbons (Fsp3) is 0.417. The summed E-state index contributed by atoms with van der Waals surface area (Å²) >= 11 is 12.0. The van der Waals surface area contributed by atoms with Crippen LogP contribution in [-0.2, 0) is 20.9 Å². The van der Waals surface area contributed by atoms with Crippen molar-refractivity contribution in [3.63, 3.8) is 0 Å². The number of carbonyl (C=O) groups is 2. The number of amides is 2. The summed E-state index contributed by atoms with van der Waals surface area (Å²) < 4.78 is 10.9. The summed E-state index contributed by atoms with van der Waals surface area (Å²) in [5.74, 6) is 0.409. The number of morpholine rings is 1. The molecule has 178 valence electrons. The van der Waals surface area contributed by atoms with Gasteiger partial charge in [-0.15, -0.1) is 0 Å². The Bertz CT molecular complexity index is 936. The second-order valence-corrected chi connectivity index (χ2v) is 8.52. The molecule has 1 aliphatic rings. The Morgan fingerprint density at radius 1 is 1.03 bits per heavy atom. The van der Waals surface area contributed by atoms with Crippen molar-refractivity contribution in [2.75, 3.05) is 44.8 Å². The van der Waals surface area contributed by atoms with Crippen LogP contribution in [0.3, 0.4) is 0 Å². The monoisotopic (exact) mass is 493 g/mol. The summed E-state index contributed by atoms with van der Waals surface area (Å²) in [6.45, 7) is 4.64. The molecule has 1 heterocycles. The van der Waals surface area contributed by atoms with Crippen LogP contribution < -0.4 is 15.4 Å². The van der Waals surface area contributed by atoms with Crippen LogP contribution in [0.15, 0.2) is 42.5 Å². The molecule has 0 radical (unpaired) electrons. The third-order valence-corrected chi connectivity index (χ3v) is 5.98. The van der Waals surface area contributed by atoms with Crippen LogP contribution in [0.1, 0.15) is 24.8 Å². The van der Waals surface area contributed by atoms with E-state index >= 15 is 0 Å². The minimum Gasteiger partial charge on any atom is -0.492 e. The number of hydrogen-bond acceptors (Lipinski definition) is 5. The molecule has 2 aromatic rings. The van der Waals surface area contributed by atoms with Crippen LogP contribution in [-0.4, -0.2) is 56.2 Å². The maximum atomic E-state index is 12.3. The second kappa shape index (κ2) is 13.4. The van der Waals surface area contributed by atoms with E-state index in [1.54, 1.807) is 18.2 Å². The van der Waals surface area contributed by atoms with E-state index in [4.69, 9.17) is 32.7 Å². The molecular formula is C24H29Cl2N3O4. The molecule has 1 aliphatic heterocycles. The van der Waals surface area contributed by atoms with Gasteiger partial charge in [-0.3, -0.25) is 14.5 Å². The molecule has 0 aromatic heterocycles. The highest BCUT2D eigenvalue weighted by Crippen LogP contribution is 2.31. The standard InChI is InChI=1S/C24H29Cl2N3O4/c25-20-6-2-7-21(24(20)26)33-13-3-8-22(30)27-17-18-4-1-5-19(16-18)28-23(31)9-10-29-11-14-32-15-12-29/h1-2,4-7,16H,3,8-15,17H2,(H,27,30)(H,28,31). The average molecular weight is 494 g/mol. The number of carbonyl (C=O) groups excluding carboxylic acids is 2. The average Bonchev–Trinajstić information content (AvgIpc) is 2.82. The summed E-state index contributed by atoms with van der Waals surface area (Å²) in [7, 11) is 0. The Hall–Kier alpha value is -2.32. The highest BCUT2D eigenvalue weighted by molar-refractivity contribution is 6.42. The third-order valence-electron chi connectivity index (χ3n) is 5.18. The first-order valence-corrected chi connectivity index (χ1v) is 11.8. The van der Waals surface area contributed by atoms with Gasteiger partial charge in [0.15, 0.2) is 0 Å². The van der Waals surface area contributed by atoms with Gasteiger partial charge in [-0.25, -0.2) is 0 Å². The molecule has 0 saturated carbocycles. The van der Waals surface area contributed by atoms with Crippen molar-refractivity contribution < 1.29 is 19.1 Å². The van der Waals surface area contributed by atoms with E-state index in [0.717, 1.165) is 44.1 Å². The van der Waals surface area contributed by atoms with Gasteiger partial charge >= 0.3 is 0 Å². The van der Waals surface area contributed by atoms with Gasteiger partial charge in [-0.05, 0) is 36.2 Å². The van der Waals surface area contributed by atoms with Crippen molar-refractivity contribution in [2.24, 2.45) is 0 Å². The number of benzene rings is 2. The molecule has 33 heavy (non-hydrogen) atoms. The predicted molar refractivity (Wildman–Crippen MR) is 130 cm³/mol. The lowest BCUT2D eigenvalue weighted by atomic mass is 10.2. The normalized spacial score (nSPS) is 14.0. The predicted octanol–water partition coefficient (Wildman–Crippen LogP) is 4.13. The maximum Gasteiger partial charge on any atom is 0.225 e. The largest absolute Gasteiger partial charge is 0.492 e. The number of rotatable bonds is 11. The van der Waals surface area contributed by atoms with Crippen LogP contribution >= 0.6 is 23.2 Å². The van der Waals surface area contributed by atoms with Crippen LogP contribution in [0, 0.1) is 0 Å². The molecule has 1 saturated heterocycles. The first-order chi connectivity index (χ1) is 16.0. The lowest BCUT2D eigenvalue weighted by Crippen LogP contribution is -2.38. The fourth-order valence-corrected chi connectivity index (χ4v) is 3.71. The van der Waals surface area contributed by atoms with Crippen molar-refractivity contribution >= 4 is 40.7 Å². The van der Waals surface area contributed by atoms with Crippen molar-refractivity contribution in [1.29, 1.82) is 0 Å². The summed E-state index contributed by atoms with van der Waals surface area (Å²) in [6, 6.07) is 12.7. The summed E-state index contributed by atoms with van der Waals surface area (Å²) in [5.41, 5.74) is 1.64.